The summed E-state index contributed by atoms with van der Waals surface area (Å²) >= 11 is 0. The Bertz CT molecular complexity index is 2660. The first kappa shape index (κ1) is 31.1. The van der Waals surface area contributed by atoms with Crippen molar-refractivity contribution in [1.29, 1.82) is 0 Å². The lowest BCUT2D eigenvalue weighted by molar-refractivity contribution is 1.07. The molecule has 0 bridgehead atoms. The number of nitrogens with zero attached hydrogens (tertiary/aromatic N) is 4. The van der Waals surface area contributed by atoms with Crippen LogP contribution in [-0.4, -0.2) is 19.5 Å². The van der Waals surface area contributed by atoms with Crippen molar-refractivity contribution in [2.45, 2.75) is 6.42 Å². The van der Waals surface area contributed by atoms with E-state index in [-0.39, 0.29) is 0 Å². The Kier molecular flexibility index (Phi) is 8.03. The average Bonchev–Trinajstić information content (AvgIpc) is 3.56. The van der Waals surface area contributed by atoms with Crippen LogP contribution in [0.1, 0.15) is 5.56 Å². The summed E-state index contributed by atoms with van der Waals surface area (Å²) in [6, 6.07) is 61.6. The smallest absolute Gasteiger partial charge is 0.164 e. The van der Waals surface area contributed by atoms with Crippen molar-refractivity contribution in [3.8, 4) is 62.1 Å². The zero-order valence-electron chi connectivity index (χ0n) is 28.5. The molecule has 246 valence electrons. The maximum atomic E-state index is 5.02. The van der Waals surface area contributed by atoms with E-state index < -0.39 is 0 Å². The van der Waals surface area contributed by atoms with E-state index in [1.807, 2.05) is 66.7 Å². The van der Waals surface area contributed by atoms with Gasteiger partial charge in [0, 0.05) is 33.2 Å². The van der Waals surface area contributed by atoms with Gasteiger partial charge in [0.1, 0.15) is 0 Å². The monoisotopic (exact) mass is 666 g/mol. The van der Waals surface area contributed by atoms with E-state index in [9.17, 15) is 0 Å². The lowest BCUT2D eigenvalue weighted by atomic mass is 9.96. The molecular weight excluding hydrogens is 633 g/mol. The molecule has 0 saturated heterocycles. The Hall–Kier alpha value is -6.91. The summed E-state index contributed by atoms with van der Waals surface area (Å²) < 4.78 is 2.38. The van der Waals surface area contributed by atoms with Crippen molar-refractivity contribution < 1.29 is 0 Å². The third-order valence-electron chi connectivity index (χ3n) is 9.58. The number of para-hydroxylation sites is 1. The molecule has 2 heterocycles. The Balaban J connectivity index is 1.25. The molecule has 4 heteroatoms. The van der Waals surface area contributed by atoms with Crippen LogP contribution in [0.3, 0.4) is 0 Å². The molecule has 0 N–H and O–H groups in total. The Labute approximate surface area is 303 Å². The summed E-state index contributed by atoms with van der Waals surface area (Å²) in [4.78, 5) is 15.0. The molecule has 0 fully saturated rings. The first-order chi connectivity index (χ1) is 25.7. The van der Waals surface area contributed by atoms with Gasteiger partial charge in [0.05, 0.1) is 11.0 Å². The normalized spacial score (nSPS) is 11.2. The minimum absolute atomic E-state index is 0.634. The Morgan fingerprint density at radius 2 is 1.00 bits per heavy atom. The fraction of sp³-hybridized carbons (Fsp3) is 0.0208. The molecule has 52 heavy (non-hydrogen) atoms. The fourth-order valence-electron chi connectivity index (χ4n) is 7.15. The van der Waals surface area contributed by atoms with Crippen molar-refractivity contribution in [1.82, 2.24) is 19.5 Å². The van der Waals surface area contributed by atoms with Crippen molar-refractivity contribution >= 4 is 21.8 Å². The molecular formula is C48H34N4. The number of rotatable bonds is 8. The van der Waals surface area contributed by atoms with Gasteiger partial charge in [-0.3, -0.25) is 0 Å². The second kappa shape index (κ2) is 13.4. The molecule has 0 unspecified atom stereocenters. The summed E-state index contributed by atoms with van der Waals surface area (Å²) in [6.45, 7) is 3.95. The van der Waals surface area contributed by atoms with Gasteiger partial charge in [0.2, 0.25) is 0 Å². The first-order valence-corrected chi connectivity index (χ1v) is 17.5. The quantitative estimate of drug-likeness (QED) is 0.152. The van der Waals surface area contributed by atoms with E-state index in [1.165, 1.54) is 27.5 Å². The summed E-state index contributed by atoms with van der Waals surface area (Å²) in [6.07, 6.45) is 2.79. The zero-order valence-corrected chi connectivity index (χ0v) is 28.5. The molecule has 0 aliphatic carbocycles. The van der Waals surface area contributed by atoms with Crippen LogP contribution in [0.2, 0.25) is 0 Å². The van der Waals surface area contributed by atoms with E-state index >= 15 is 0 Å². The number of benzene rings is 7. The van der Waals surface area contributed by atoms with Crippen LogP contribution in [0, 0.1) is 0 Å². The predicted octanol–water partition coefficient (Wildman–Crippen LogP) is 12.0. The average molecular weight is 667 g/mol. The van der Waals surface area contributed by atoms with Gasteiger partial charge in [-0.05, 0) is 70.6 Å². The van der Waals surface area contributed by atoms with Crippen LogP contribution >= 0.6 is 0 Å². The number of aromatic nitrogens is 4. The molecule has 2 aromatic heterocycles. The Morgan fingerprint density at radius 1 is 0.442 bits per heavy atom. The highest BCUT2D eigenvalue weighted by Crippen LogP contribution is 2.41. The Morgan fingerprint density at radius 3 is 1.69 bits per heavy atom. The topological polar surface area (TPSA) is 43.6 Å². The highest BCUT2D eigenvalue weighted by atomic mass is 15.0. The minimum atomic E-state index is 0.634. The van der Waals surface area contributed by atoms with E-state index in [4.69, 9.17) is 15.0 Å². The molecule has 4 nitrogen and oxygen atoms in total. The lowest BCUT2D eigenvalue weighted by Crippen LogP contribution is -2.00. The van der Waals surface area contributed by atoms with Gasteiger partial charge >= 0.3 is 0 Å². The third-order valence-corrected chi connectivity index (χ3v) is 9.58. The third kappa shape index (κ3) is 5.76. The van der Waals surface area contributed by atoms with Crippen LogP contribution in [-0.2, 0) is 6.42 Å². The van der Waals surface area contributed by atoms with Gasteiger partial charge in [0.25, 0.3) is 0 Å². The van der Waals surface area contributed by atoms with E-state index in [0.29, 0.717) is 17.5 Å². The van der Waals surface area contributed by atoms with Gasteiger partial charge in [-0.2, -0.15) is 0 Å². The number of allylic oxidation sites excluding steroid dienone is 1. The molecule has 9 aromatic rings. The molecule has 0 amide bonds. The van der Waals surface area contributed by atoms with Gasteiger partial charge in [-0.15, -0.1) is 6.58 Å². The standard InChI is InChI=1S/C48H34N4/c1-2-15-33-16-12-21-36(30-33)37-28-29-43-42(32-37)45-41(26-14-27-44(45)52(43)40-24-10-5-11-25-40)38-22-13-23-39(31-38)48-50-46(34-17-6-3-7-18-34)49-47(51-48)35-19-8-4-9-20-35/h2-14,16-32H,1,15H2. The minimum Gasteiger partial charge on any atom is -0.309 e. The highest BCUT2D eigenvalue weighted by Gasteiger charge is 2.18. The van der Waals surface area contributed by atoms with Crippen LogP contribution in [0.25, 0.3) is 83.9 Å². The van der Waals surface area contributed by atoms with E-state index in [0.717, 1.165) is 51.0 Å². The molecule has 0 aliphatic rings. The van der Waals surface area contributed by atoms with Crippen LogP contribution in [0.5, 0.6) is 0 Å². The lowest BCUT2D eigenvalue weighted by Gasteiger charge is -2.11. The molecule has 0 saturated carbocycles. The van der Waals surface area contributed by atoms with E-state index in [1.54, 1.807) is 0 Å². The molecule has 9 rings (SSSR count). The maximum Gasteiger partial charge on any atom is 0.164 e. The SMILES string of the molecule is C=CCc1cccc(-c2ccc3c(c2)c2c(-c4cccc(-c5nc(-c6ccccc6)nc(-c6ccccc6)n5)c4)cccc2n3-c2ccccc2)c1. The van der Waals surface area contributed by atoms with Gasteiger partial charge in [0.15, 0.2) is 17.5 Å². The molecule has 0 spiro atoms. The highest BCUT2D eigenvalue weighted by molar-refractivity contribution is 6.16. The van der Waals surface area contributed by atoms with Crippen molar-refractivity contribution in [2.75, 3.05) is 0 Å². The van der Waals surface area contributed by atoms with Crippen molar-refractivity contribution in [3.05, 3.63) is 194 Å². The van der Waals surface area contributed by atoms with Crippen LogP contribution < -0.4 is 0 Å². The molecule has 0 atom stereocenters. The summed E-state index contributed by atoms with van der Waals surface area (Å²) in [5.41, 5.74) is 12.1. The fourth-order valence-corrected chi connectivity index (χ4v) is 7.15. The van der Waals surface area contributed by atoms with Gasteiger partial charge < -0.3 is 4.57 Å². The largest absolute Gasteiger partial charge is 0.309 e. The van der Waals surface area contributed by atoms with Crippen molar-refractivity contribution in [3.63, 3.8) is 0 Å². The summed E-state index contributed by atoms with van der Waals surface area (Å²) in [5, 5.41) is 2.40. The first-order valence-electron chi connectivity index (χ1n) is 17.5. The second-order valence-corrected chi connectivity index (χ2v) is 12.9. The molecule has 0 aliphatic heterocycles. The zero-order chi connectivity index (χ0) is 34.9. The van der Waals surface area contributed by atoms with Crippen LogP contribution in [0.4, 0.5) is 0 Å². The number of fused-ring (bicyclic) bond motifs is 3. The second-order valence-electron chi connectivity index (χ2n) is 12.9. The van der Waals surface area contributed by atoms with E-state index in [2.05, 4.69) is 126 Å². The van der Waals surface area contributed by atoms with Gasteiger partial charge in [-0.25, -0.2) is 15.0 Å². The maximum absolute atomic E-state index is 5.02. The predicted molar refractivity (Wildman–Crippen MR) is 215 cm³/mol. The molecule has 7 aromatic carbocycles. The molecule has 0 radical (unpaired) electrons. The number of hydrogen-bond acceptors (Lipinski definition) is 3. The van der Waals surface area contributed by atoms with Crippen molar-refractivity contribution in [2.24, 2.45) is 0 Å². The number of hydrogen-bond donors (Lipinski definition) is 0. The van der Waals surface area contributed by atoms with Crippen LogP contribution in [0.15, 0.2) is 189 Å². The van der Waals surface area contributed by atoms with Gasteiger partial charge in [-0.1, -0.05) is 146 Å². The summed E-state index contributed by atoms with van der Waals surface area (Å²) in [7, 11) is 0. The summed E-state index contributed by atoms with van der Waals surface area (Å²) in [5.74, 6) is 1.93.